The molecule has 84 valence electrons. The second-order valence-corrected chi connectivity index (χ2v) is 3.76. The maximum atomic E-state index is 5.68. The number of nitrogens with two attached hydrogens (primary N) is 1. The van der Waals surface area contributed by atoms with E-state index in [1.807, 2.05) is 25.2 Å². The zero-order chi connectivity index (χ0) is 11.1. The largest absolute Gasteiger partial charge is 0.399 e. The average molecular weight is 208 g/mol. The summed E-state index contributed by atoms with van der Waals surface area (Å²) in [6.45, 7) is 3.59. The first kappa shape index (κ1) is 12.0. The fourth-order valence-electron chi connectivity index (χ4n) is 1.28. The Balaban J connectivity index is 2.20. The van der Waals surface area contributed by atoms with Crippen LogP contribution in [0.4, 0.5) is 5.69 Å². The number of nitrogen functional groups attached to an aromatic ring is 1. The molecule has 3 heteroatoms. The van der Waals surface area contributed by atoms with Gasteiger partial charge in [0, 0.05) is 11.7 Å². The molecular weight excluding hydrogens is 188 g/mol. The summed E-state index contributed by atoms with van der Waals surface area (Å²) in [6, 6.07) is 8.34. The zero-order valence-electron chi connectivity index (χ0n) is 9.49. The summed E-state index contributed by atoms with van der Waals surface area (Å²) in [4.78, 5) is 0. The van der Waals surface area contributed by atoms with Crippen LogP contribution in [0.15, 0.2) is 24.3 Å². The minimum Gasteiger partial charge on any atom is -0.399 e. The number of nitrogens with one attached hydrogen (secondary N) is 1. The van der Waals surface area contributed by atoms with Gasteiger partial charge in [0.25, 0.3) is 0 Å². The van der Waals surface area contributed by atoms with Crippen molar-refractivity contribution in [3.63, 3.8) is 0 Å². The molecule has 0 saturated carbocycles. The lowest BCUT2D eigenvalue weighted by Crippen LogP contribution is -2.27. The number of hydrogen-bond acceptors (Lipinski definition) is 3. The molecule has 0 heterocycles. The van der Waals surface area contributed by atoms with Gasteiger partial charge in [-0.25, -0.2) is 0 Å². The van der Waals surface area contributed by atoms with E-state index in [9.17, 15) is 0 Å². The molecule has 0 amide bonds. The molecule has 3 N–H and O–H groups in total. The molecule has 0 spiro atoms. The monoisotopic (exact) mass is 208 g/mol. The van der Waals surface area contributed by atoms with Gasteiger partial charge in [-0.3, -0.25) is 0 Å². The van der Waals surface area contributed by atoms with E-state index in [1.54, 1.807) is 0 Å². The highest BCUT2D eigenvalue weighted by molar-refractivity contribution is 5.40. The predicted octanol–water partition coefficient (Wildman–Crippen LogP) is 1.44. The lowest BCUT2D eigenvalue weighted by atomic mass is 10.1. The Hall–Kier alpha value is -1.06. The average Bonchev–Trinajstić information content (AvgIpc) is 2.24. The molecule has 1 aromatic carbocycles. The van der Waals surface area contributed by atoms with E-state index in [-0.39, 0.29) is 0 Å². The highest BCUT2D eigenvalue weighted by Crippen LogP contribution is 2.07. The SMILES string of the molecule is CNC(C)COCCc1cccc(N)c1. The molecule has 0 aliphatic rings. The molecule has 1 aromatic rings. The highest BCUT2D eigenvalue weighted by Gasteiger charge is 1.98. The zero-order valence-corrected chi connectivity index (χ0v) is 9.49. The Labute approximate surface area is 91.6 Å². The van der Waals surface area contributed by atoms with Crippen molar-refractivity contribution in [3.8, 4) is 0 Å². The first-order chi connectivity index (χ1) is 7.22. The molecule has 0 aromatic heterocycles. The molecule has 15 heavy (non-hydrogen) atoms. The summed E-state index contributed by atoms with van der Waals surface area (Å²) in [5.74, 6) is 0. The maximum absolute atomic E-state index is 5.68. The van der Waals surface area contributed by atoms with E-state index in [0.717, 1.165) is 25.3 Å². The topological polar surface area (TPSA) is 47.3 Å². The van der Waals surface area contributed by atoms with Gasteiger partial charge >= 0.3 is 0 Å². The van der Waals surface area contributed by atoms with Crippen molar-refractivity contribution in [1.82, 2.24) is 5.32 Å². The Kier molecular flexibility index (Phi) is 5.15. The van der Waals surface area contributed by atoms with Gasteiger partial charge in [-0.2, -0.15) is 0 Å². The number of ether oxygens (including phenoxy) is 1. The standard InChI is InChI=1S/C12H20N2O/c1-10(14-2)9-15-7-6-11-4-3-5-12(13)8-11/h3-5,8,10,14H,6-7,9,13H2,1-2H3. The predicted molar refractivity (Wildman–Crippen MR) is 63.9 cm³/mol. The van der Waals surface area contributed by atoms with Crippen molar-refractivity contribution >= 4 is 5.69 Å². The Bertz CT molecular complexity index is 289. The first-order valence-electron chi connectivity index (χ1n) is 5.32. The van der Waals surface area contributed by atoms with Gasteiger partial charge in [0.15, 0.2) is 0 Å². The van der Waals surface area contributed by atoms with Crippen LogP contribution in [-0.2, 0) is 11.2 Å². The number of benzene rings is 1. The Morgan fingerprint density at radius 2 is 2.27 bits per heavy atom. The van der Waals surface area contributed by atoms with Crippen LogP contribution >= 0.6 is 0 Å². The number of rotatable bonds is 6. The van der Waals surface area contributed by atoms with Gasteiger partial charge in [-0.15, -0.1) is 0 Å². The second kappa shape index (κ2) is 6.43. The second-order valence-electron chi connectivity index (χ2n) is 3.76. The molecule has 0 saturated heterocycles. The van der Waals surface area contributed by atoms with Crippen LogP contribution in [0.3, 0.4) is 0 Å². The molecular formula is C12H20N2O. The quantitative estimate of drug-likeness (QED) is 0.549. The summed E-state index contributed by atoms with van der Waals surface area (Å²) < 4.78 is 5.53. The van der Waals surface area contributed by atoms with Crippen molar-refractivity contribution in [2.24, 2.45) is 0 Å². The lowest BCUT2D eigenvalue weighted by Gasteiger charge is -2.10. The third kappa shape index (κ3) is 4.81. The minimum atomic E-state index is 0.408. The third-order valence-corrected chi connectivity index (χ3v) is 2.35. The van der Waals surface area contributed by atoms with Crippen molar-refractivity contribution in [2.75, 3.05) is 26.0 Å². The maximum Gasteiger partial charge on any atom is 0.0616 e. The van der Waals surface area contributed by atoms with E-state index in [2.05, 4.69) is 18.3 Å². The fourth-order valence-corrected chi connectivity index (χ4v) is 1.28. The summed E-state index contributed by atoms with van der Waals surface area (Å²) in [6.07, 6.45) is 0.918. The van der Waals surface area contributed by atoms with Crippen LogP contribution in [0.1, 0.15) is 12.5 Å². The van der Waals surface area contributed by atoms with Crippen LogP contribution in [0.25, 0.3) is 0 Å². The van der Waals surface area contributed by atoms with E-state index in [0.29, 0.717) is 6.04 Å². The van der Waals surface area contributed by atoms with Gasteiger partial charge in [-0.05, 0) is 38.1 Å². The summed E-state index contributed by atoms with van der Waals surface area (Å²) in [5, 5.41) is 3.13. The normalized spacial score (nSPS) is 12.7. The summed E-state index contributed by atoms with van der Waals surface area (Å²) in [7, 11) is 1.94. The number of likely N-dealkylation sites (N-methyl/N-ethyl adjacent to an activating group) is 1. The van der Waals surface area contributed by atoms with Crippen molar-refractivity contribution < 1.29 is 4.74 Å². The van der Waals surface area contributed by atoms with Crippen molar-refractivity contribution in [2.45, 2.75) is 19.4 Å². The molecule has 1 unspecified atom stereocenters. The van der Waals surface area contributed by atoms with Crippen molar-refractivity contribution in [3.05, 3.63) is 29.8 Å². The van der Waals surface area contributed by atoms with Crippen molar-refractivity contribution in [1.29, 1.82) is 0 Å². The highest BCUT2D eigenvalue weighted by atomic mass is 16.5. The van der Waals surface area contributed by atoms with E-state index >= 15 is 0 Å². The van der Waals surface area contributed by atoms with Gasteiger partial charge in [0.2, 0.25) is 0 Å². The molecule has 1 rings (SSSR count). The Morgan fingerprint density at radius 1 is 1.47 bits per heavy atom. The van der Waals surface area contributed by atoms with Gasteiger partial charge in [-0.1, -0.05) is 12.1 Å². The lowest BCUT2D eigenvalue weighted by molar-refractivity contribution is 0.120. The van der Waals surface area contributed by atoms with Gasteiger partial charge in [0.05, 0.1) is 13.2 Å². The number of hydrogen-bond donors (Lipinski definition) is 2. The van der Waals surface area contributed by atoms with Gasteiger partial charge < -0.3 is 15.8 Å². The molecule has 3 nitrogen and oxygen atoms in total. The molecule has 0 fully saturated rings. The molecule has 0 aliphatic carbocycles. The number of anilines is 1. The van der Waals surface area contributed by atoms with Crippen LogP contribution in [0.2, 0.25) is 0 Å². The van der Waals surface area contributed by atoms with Gasteiger partial charge in [0.1, 0.15) is 0 Å². The van der Waals surface area contributed by atoms with Crippen LogP contribution in [0, 0.1) is 0 Å². The summed E-state index contributed by atoms with van der Waals surface area (Å²) in [5.41, 5.74) is 7.73. The third-order valence-electron chi connectivity index (χ3n) is 2.35. The fraction of sp³-hybridized carbons (Fsp3) is 0.500. The van der Waals surface area contributed by atoms with Crippen LogP contribution < -0.4 is 11.1 Å². The molecule has 1 atom stereocenters. The Morgan fingerprint density at radius 3 is 2.93 bits per heavy atom. The smallest absolute Gasteiger partial charge is 0.0616 e. The summed E-state index contributed by atoms with van der Waals surface area (Å²) >= 11 is 0. The minimum absolute atomic E-state index is 0.408. The molecule has 0 bridgehead atoms. The van der Waals surface area contributed by atoms with E-state index in [1.165, 1.54) is 5.56 Å². The first-order valence-corrected chi connectivity index (χ1v) is 5.32. The van der Waals surface area contributed by atoms with E-state index < -0.39 is 0 Å². The molecule has 0 aliphatic heterocycles. The van der Waals surface area contributed by atoms with E-state index in [4.69, 9.17) is 10.5 Å². The molecule has 0 radical (unpaired) electrons. The van der Waals surface area contributed by atoms with Crippen LogP contribution in [0.5, 0.6) is 0 Å². The van der Waals surface area contributed by atoms with Crippen LogP contribution in [-0.4, -0.2) is 26.3 Å².